The topological polar surface area (TPSA) is 50.2 Å². The van der Waals surface area contributed by atoms with Crippen LogP contribution in [0.25, 0.3) is 0 Å². The Morgan fingerprint density at radius 1 is 1.31 bits per heavy atom. The van der Waals surface area contributed by atoms with Crippen LogP contribution in [0.3, 0.4) is 0 Å². The molecule has 5 nitrogen and oxygen atoms in total. The molecule has 5 heteroatoms. The zero-order chi connectivity index (χ0) is 18.5. The van der Waals surface area contributed by atoms with Crippen LogP contribution in [0.2, 0.25) is 0 Å². The molecule has 0 spiro atoms. The third-order valence-corrected chi connectivity index (χ3v) is 6.13. The Bertz CT molecular complexity index is 628. The molecule has 1 heterocycles. The molecule has 1 aromatic heterocycles. The largest absolute Gasteiger partial charge is 0.340 e. The molecule has 1 saturated carbocycles. The van der Waals surface area contributed by atoms with E-state index >= 15 is 0 Å². The third kappa shape index (κ3) is 4.76. The van der Waals surface area contributed by atoms with E-state index in [1.165, 1.54) is 31.4 Å². The maximum atomic E-state index is 12.5. The van der Waals surface area contributed by atoms with Crippen LogP contribution in [0.5, 0.6) is 0 Å². The molecule has 144 valence electrons. The summed E-state index contributed by atoms with van der Waals surface area (Å²) < 4.78 is 1.97. The smallest absolute Gasteiger partial charge is 0.223 e. The maximum absolute atomic E-state index is 12.5. The van der Waals surface area contributed by atoms with E-state index in [-0.39, 0.29) is 5.91 Å². The molecule has 0 aromatic carbocycles. The van der Waals surface area contributed by atoms with Crippen molar-refractivity contribution in [3.05, 3.63) is 29.6 Å². The van der Waals surface area contributed by atoms with E-state index in [1.54, 1.807) is 0 Å². The van der Waals surface area contributed by atoms with Crippen LogP contribution in [0.1, 0.15) is 62.3 Å². The average Bonchev–Trinajstić information content (AvgIpc) is 3.26. The second-order valence-electron chi connectivity index (χ2n) is 8.18. The minimum atomic E-state index is 0.233. The summed E-state index contributed by atoms with van der Waals surface area (Å²) in [5.74, 6) is 2.05. The lowest BCUT2D eigenvalue weighted by Gasteiger charge is -2.27. The first-order chi connectivity index (χ1) is 12.6. The summed E-state index contributed by atoms with van der Waals surface area (Å²) in [6, 6.07) is 2.22. The highest BCUT2D eigenvalue weighted by Crippen LogP contribution is 2.35. The zero-order valence-electron chi connectivity index (χ0n) is 16.6. The van der Waals surface area contributed by atoms with Crippen molar-refractivity contribution in [2.24, 2.45) is 18.9 Å². The minimum Gasteiger partial charge on any atom is -0.340 e. The van der Waals surface area contributed by atoms with Gasteiger partial charge in [-0.3, -0.25) is 9.48 Å². The van der Waals surface area contributed by atoms with E-state index in [0.29, 0.717) is 24.8 Å². The number of nitrogens with zero attached hydrogens (tertiary/aromatic N) is 3. The molecule has 1 N–H and O–H groups in total. The van der Waals surface area contributed by atoms with Gasteiger partial charge in [-0.15, -0.1) is 0 Å². The fourth-order valence-electron chi connectivity index (χ4n) is 4.41. The summed E-state index contributed by atoms with van der Waals surface area (Å²) in [4.78, 5) is 14.3. The molecule has 2 aliphatic carbocycles. The molecule has 2 aliphatic rings. The summed E-state index contributed by atoms with van der Waals surface area (Å²) >= 11 is 0. The van der Waals surface area contributed by atoms with Crippen LogP contribution >= 0.6 is 0 Å². The van der Waals surface area contributed by atoms with Gasteiger partial charge in [0.15, 0.2) is 0 Å². The fraction of sp³-hybridized carbons (Fsp3) is 0.714. The summed E-state index contributed by atoms with van der Waals surface area (Å²) in [7, 11) is 5.96. The predicted molar refractivity (Wildman–Crippen MR) is 105 cm³/mol. The molecule has 1 atom stereocenters. The monoisotopic (exact) mass is 358 g/mol. The number of rotatable bonds is 7. The molecule has 0 radical (unpaired) electrons. The van der Waals surface area contributed by atoms with Crippen LogP contribution in [-0.2, 0) is 18.4 Å². The van der Waals surface area contributed by atoms with Gasteiger partial charge in [0.25, 0.3) is 0 Å². The summed E-state index contributed by atoms with van der Waals surface area (Å²) in [5, 5.41) is 8.07. The second kappa shape index (κ2) is 8.85. The molecule has 0 saturated heterocycles. The lowest BCUT2D eigenvalue weighted by atomic mass is 9.80. The average molecular weight is 359 g/mol. The van der Waals surface area contributed by atoms with Gasteiger partial charge in [-0.05, 0) is 70.0 Å². The van der Waals surface area contributed by atoms with Crippen molar-refractivity contribution in [2.45, 2.75) is 57.4 Å². The third-order valence-electron chi connectivity index (χ3n) is 6.13. The van der Waals surface area contributed by atoms with Crippen molar-refractivity contribution in [3.63, 3.8) is 0 Å². The molecule has 1 amide bonds. The Morgan fingerprint density at radius 3 is 2.73 bits per heavy atom. The van der Waals surface area contributed by atoms with Crippen molar-refractivity contribution >= 4 is 5.91 Å². The van der Waals surface area contributed by atoms with Crippen molar-refractivity contribution in [2.75, 3.05) is 20.6 Å². The lowest BCUT2D eigenvalue weighted by Crippen LogP contribution is -2.28. The van der Waals surface area contributed by atoms with Crippen LogP contribution in [-0.4, -0.2) is 41.2 Å². The predicted octanol–water partition coefficient (Wildman–Crippen LogP) is 3.23. The van der Waals surface area contributed by atoms with Gasteiger partial charge in [0.05, 0.1) is 17.9 Å². The van der Waals surface area contributed by atoms with E-state index in [2.05, 4.69) is 23.5 Å². The first kappa shape index (κ1) is 19.2. The second-order valence-corrected chi connectivity index (χ2v) is 8.18. The van der Waals surface area contributed by atoms with Gasteiger partial charge in [-0.25, -0.2) is 0 Å². The number of hydrogen-bond donors (Lipinski definition) is 1. The van der Waals surface area contributed by atoms with Crippen molar-refractivity contribution in [1.29, 1.82) is 0 Å². The van der Waals surface area contributed by atoms with Gasteiger partial charge in [0, 0.05) is 26.4 Å². The number of aryl methyl sites for hydroxylation is 1. The molecule has 1 fully saturated rings. The van der Waals surface area contributed by atoms with Gasteiger partial charge < -0.3 is 10.2 Å². The van der Waals surface area contributed by atoms with Gasteiger partial charge in [0.2, 0.25) is 5.91 Å². The molecular formula is C21H34N4O. The number of hydrogen-bond acceptors (Lipinski definition) is 3. The van der Waals surface area contributed by atoms with E-state index in [1.807, 2.05) is 30.7 Å². The van der Waals surface area contributed by atoms with E-state index in [0.717, 1.165) is 31.0 Å². The van der Waals surface area contributed by atoms with Crippen molar-refractivity contribution in [1.82, 2.24) is 20.0 Å². The quantitative estimate of drug-likeness (QED) is 0.762. The Labute approximate surface area is 157 Å². The SMILES string of the molecule is CNCC1CCC(c2cc(CN(C)C(=O)C[C@H]3C=CCC3)n(C)n2)CC1. The Balaban J connectivity index is 1.54. The molecule has 26 heavy (non-hydrogen) atoms. The van der Waals surface area contributed by atoms with Gasteiger partial charge in [-0.2, -0.15) is 5.10 Å². The molecule has 1 aromatic rings. The van der Waals surface area contributed by atoms with Crippen molar-refractivity contribution < 1.29 is 4.79 Å². The first-order valence-corrected chi connectivity index (χ1v) is 10.1. The Hall–Kier alpha value is -1.62. The summed E-state index contributed by atoms with van der Waals surface area (Å²) in [6.45, 7) is 1.77. The highest BCUT2D eigenvalue weighted by Gasteiger charge is 2.25. The van der Waals surface area contributed by atoms with Crippen LogP contribution in [0, 0.1) is 11.8 Å². The normalized spacial score (nSPS) is 25.6. The molecule has 3 rings (SSSR count). The zero-order valence-corrected chi connectivity index (χ0v) is 16.6. The van der Waals surface area contributed by atoms with Gasteiger partial charge in [0.1, 0.15) is 0 Å². The number of allylic oxidation sites excluding steroid dienone is 2. The van der Waals surface area contributed by atoms with E-state index in [9.17, 15) is 4.79 Å². The molecule has 0 aliphatic heterocycles. The van der Waals surface area contributed by atoms with Crippen LogP contribution < -0.4 is 5.32 Å². The van der Waals surface area contributed by atoms with E-state index in [4.69, 9.17) is 5.10 Å². The number of amides is 1. The standard InChI is InChI=1S/C21H34N4O/c1-22-14-17-8-10-18(11-9-17)20-13-19(25(3)23-20)15-24(2)21(26)12-16-6-4-5-7-16/h4,6,13,16-18,22H,5,7-12,14-15H2,1-3H3/t16-,17?,18?/m0/s1. The lowest BCUT2D eigenvalue weighted by molar-refractivity contribution is -0.131. The summed E-state index contributed by atoms with van der Waals surface area (Å²) in [6.07, 6.45) is 12.3. The Kier molecular flexibility index (Phi) is 6.52. The molecule has 0 unspecified atom stereocenters. The highest BCUT2D eigenvalue weighted by atomic mass is 16.2. The maximum Gasteiger partial charge on any atom is 0.223 e. The summed E-state index contributed by atoms with van der Waals surface area (Å²) in [5.41, 5.74) is 2.35. The highest BCUT2D eigenvalue weighted by molar-refractivity contribution is 5.76. The van der Waals surface area contributed by atoms with Crippen molar-refractivity contribution in [3.8, 4) is 0 Å². The number of carbonyl (C=O) groups excluding carboxylic acids is 1. The fourth-order valence-corrected chi connectivity index (χ4v) is 4.41. The Morgan fingerprint density at radius 2 is 2.08 bits per heavy atom. The number of aromatic nitrogens is 2. The number of carbonyl (C=O) groups is 1. The first-order valence-electron chi connectivity index (χ1n) is 10.1. The van der Waals surface area contributed by atoms with E-state index < -0.39 is 0 Å². The van der Waals surface area contributed by atoms with Crippen LogP contribution in [0.4, 0.5) is 0 Å². The number of nitrogens with one attached hydrogen (secondary N) is 1. The molecular weight excluding hydrogens is 324 g/mol. The van der Waals surface area contributed by atoms with Crippen LogP contribution in [0.15, 0.2) is 18.2 Å². The minimum absolute atomic E-state index is 0.233. The van der Waals surface area contributed by atoms with Gasteiger partial charge >= 0.3 is 0 Å². The van der Waals surface area contributed by atoms with Gasteiger partial charge in [-0.1, -0.05) is 12.2 Å². The molecule has 0 bridgehead atoms.